The fourth-order valence-corrected chi connectivity index (χ4v) is 9.70. The van der Waals surface area contributed by atoms with Crippen LogP contribution < -0.4 is 5.32 Å². The highest BCUT2D eigenvalue weighted by Gasteiger charge is 2.57. The average Bonchev–Trinajstić information content (AvgIpc) is 3.60. The van der Waals surface area contributed by atoms with Crippen LogP contribution in [0.25, 0.3) is 0 Å². The molecule has 3 aromatic carbocycles. The van der Waals surface area contributed by atoms with Crippen molar-refractivity contribution in [3.63, 3.8) is 0 Å². The fraction of sp³-hybridized carbons (Fsp3) is 0.290. The number of halogens is 1. The number of aliphatic hydroxyl groups excluding tert-OH is 1. The van der Waals surface area contributed by atoms with Crippen LogP contribution in [0, 0.1) is 23.6 Å². The Balaban J connectivity index is 1.24. The summed E-state index contributed by atoms with van der Waals surface area (Å²) < 4.78 is 70.2. The number of amides is 1. The van der Waals surface area contributed by atoms with Crippen LogP contribution in [-0.2, 0) is 37.0 Å². The first-order valence-corrected chi connectivity index (χ1v) is 17.1. The van der Waals surface area contributed by atoms with Crippen molar-refractivity contribution in [3.05, 3.63) is 101 Å². The molecule has 2 unspecified atom stereocenters. The van der Waals surface area contributed by atoms with Gasteiger partial charge in [-0.05, 0) is 78.6 Å². The normalized spacial score (nSPS) is 25.7. The van der Waals surface area contributed by atoms with Crippen LogP contribution in [0.4, 0.5) is 10.1 Å². The highest BCUT2D eigenvalue weighted by Crippen LogP contribution is 2.55. The van der Waals surface area contributed by atoms with E-state index in [2.05, 4.69) is 9.71 Å². The lowest BCUT2D eigenvalue weighted by Gasteiger charge is -2.44. The topological polar surface area (TPSA) is 133 Å². The average molecular weight is 622 g/mol. The van der Waals surface area contributed by atoms with Gasteiger partial charge in [0, 0.05) is 18.5 Å². The quantitative estimate of drug-likeness (QED) is 0.412. The Labute approximate surface area is 248 Å². The molecule has 2 aliphatic heterocycles. The summed E-state index contributed by atoms with van der Waals surface area (Å²) in [6.45, 7) is 0.177. The van der Waals surface area contributed by atoms with Crippen molar-refractivity contribution in [2.45, 2.75) is 47.4 Å². The van der Waals surface area contributed by atoms with E-state index >= 15 is 0 Å². The van der Waals surface area contributed by atoms with Crippen LogP contribution in [0.1, 0.15) is 30.4 Å². The van der Waals surface area contributed by atoms with Gasteiger partial charge in [-0.1, -0.05) is 36.4 Å². The van der Waals surface area contributed by atoms with Crippen molar-refractivity contribution >= 4 is 37.3 Å². The molecule has 2 bridgehead atoms. The second-order valence-corrected chi connectivity index (χ2v) is 15.2. The Kier molecular flexibility index (Phi) is 6.47. The van der Waals surface area contributed by atoms with Gasteiger partial charge in [0.2, 0.25) is 0 Å². The van der Waals surface area contributed by atoms with Crippen molar-refractivity contribution in [3.8, 4) is 0 Å². The third-order valence-electron chi connectivity index (χ3n) is 9.03. The van der Waals surface area contributed by atoms with Crippen LogP contribution in [0.15, 0.2) is 98.3 Å². The number of sulfone groups is 1. The Morgan fingerprint density at radius 3 is 2.42 bits per heavy atom. The third-order valence-corrected chi connectivity index (χ3v) is 12.0. The molecular weight excluding hydrogens is 593 g/mol. The number of rotatable bonds is 6. The molecule has 2 heterocycles. The lowest BCUT2D eigenvalue weighted by Crippen LogP contribution is -2.53. The van der Waals surface area contributed by atoms with Crippen LogP contribution >= 0.6 is 0 Å². The largest absolute Gasteiger partial charge is 0.511 e. The van der Waals surface area contributed by atoms with E-state index in [-0.39, 0.29) is 68.6 Å². The van der Waals surface area contributed by atoms with Gasteiger partial charge >= 0.3 is 0 Å². The van der Waals surface area contributed by atoms with Crippen LogP contribution in [-0.4, -0.2) is 44.6 Å². The van der Waals surface area contributed by atoms with Gasteiger partial charge in [0.25, 0.3) is 15.9 Å². The van der Waals surface area contributed by atoms with E-state index in [9.17, 15) is 31.1 Å². The lowest BCUT2D eigenvalue weighted by molar-refractivity contribution is -0.134. The summed E-state index contributed by atoms with van der Waals surface area (Å²) >= 11 is 0. The third kappa shape index (κ3) is 4.72. The van der Waals surface area contributed by atoms with Gasteiger partial charge < -0.3 is 15.3 Å². The maximum atomic E-state index is 14.0. The van der Waals surface area contributed by atoms with Gasteiger partial charge in [0.15, 0.2) is 15.7 Å². The number of amidine groups is 1. The molecule has 2 N–H and O–H groups in total. The predicted octanol–water partition coefficient (Wildman–Crippen LogP) is 4.58. The molecule has 7 rings (SSSR count). The molecule has 2 saturated carbocycles. The highest BCUT2D eigenvalue weighted by molar-refractivity contribution is 7.91. The Hall–Kier alpha value is -4.03. The molecule has 3 aromatic rings. The van der Waals surface area contributed by atoms with E-state index in [0.717, 1.165) is 19.3 Å². The molecule has 9 nitrogen and oxygen atoms in total. The molecule has 12 heteroatoms. The predicted molar refractivity (Wildman–Crippen MR) is 157 cm³/mol. The van der Waals surface area contributed by atoms with E-state index in [4.69, 9.17) is 0 Å². The van der Waals surface area contributed by atoms with Crippen LogP contribution in [0.3, 0.4) is 0 Å². The van der Waals surface area contributed by atoms with Crippen molar-refractivity contribution in [2.75, 3.05) is 5.32 Å². The number of carbonyl (C=O) groups is 1. The first-order chi connectivity index (χ1) is 20.5. The zero-order valence-corrected chi connectivity index (χ0v) is 24.5. The molecule has 222 valence electrons. The first kappa shape index (κ1) is 27.8. The smallest absolute Gasteiger partial charge is 0.286 e. The van der Waals surface area contributed by atoms with E-state index in [1.54, 1.807) is 35.2 Å². The first-order valence-electron chi connectivity index (χ1n) is 14.0. The molecule has 1 amide bonds. The van der Waals surface area contributed by atoms with Gasteiger partial charge in [0.1, 0.15) is 22.0 Å². The van der Waals surface area contributed by atoms with Crippen molar-refractivity contribution in [1.29, 1.82) is 0 Å². The minimum atomic E-state index is -4.37. The van der Waals surface area contributed by atoms with Crippen molar-refractivity contribution in [1.82, 2.24) is 4.90 Å². The number of sulfonamides is 1. The zero-order valence-electron chi connectivity index (χ0n) is 22.9. The minimum absolute atomic E-state index is 0.122. The molecule has 0 spiro atoms. The SMILES string of the molecule is O=C1C(C2=NS(=O)(=O)c3cc(CS(=O)(=O)c4ccccc4)ccc3N2)=C(O)C2C([C@H]3CC[C@@H]2C3)N1Cc1ccc(F)cc1. The summed E-state index contributed by atoms with van der Waals surface area (Å²) in [5.74, 6) is -1.79. The van der Waals surface area contributed by atoms with Gasteiger partial charge in [-0.15, -0.1) is 4.40 Å². The number of benzene rings is 3. The maximum absolute atomic E-state index is 14.0. The van der Waals surface area contributed by atoms with E-state index in [0.29, 0.717) is 5.56 Å². The summed E-state index contributed by atoms with van der Waals surface area (Å²) in [7, 11) is -8.10. The number of fused-ring (bicyclic) bond motifs is 6. The van der Waals surface area contributed by atoms with Gasteiger partial charge in [0.05, 0.1) is 16.3 Å². The fourth-order valence-electron chi connectivity index (χ4n) is 7.17. The molecular formula is C31H28FN3O6S2. The summed E-state index contributed by atoms with van der Waals surface area (Å²) in [4.78, 5) is 15.6. The molecule has 2 aliphatic carbocycles. The summed E-state index contributed by atoms with van der Waals surface area (Å²) in [5.41, 5.74) is 0.907. The Morgan fingerprint density at radius 1 is 0.977 bits per heavy atom. The lowest BCUT2D eigenvalue weighted by atomic mass is 9.77. The summed E-state index contributed by atoms with van der Waals surface area (Å²) in [6, 6.07) is 17.7. The molecule has 0 aromatic heterocycles. The number of nitrogens with one attached hydrogen (secondary N) is 1. The van der Waals surface area contributed by atoms with Gasteiger partial charge in [-0.2, -0.15) is 8.42 Å². The second-order valence-electron chi connectivity index (χ2n) is 11.6. The Morgan fingerprint density at radius 2 is 1.67 bits per heavy atom. The van der Waals surface area contributed by atoms with Crippen LogP contribution in [0.2, 0.25) is 0 Å². The van der Waals surface area contributed by atoms with Crippen molar-refractivity contribution in [2.24, 2.45) is 22.2 Å². The number of hydrogen-bond donors (Lipinski definition) is 2. The molecule has 43 heavy (non-hydrogen) atoms. The van der Waals surface area contributed by atoms with Crippen LogP contribution in [0.5, 0.6) is 0 Å². The number of anilines is 1. The zero-order chi connectivity index (χ0) is 30.1. The van der Waals surface area contributed by atoms with E-state index < -0.39 is 37.3 Å². The standard InChI is InChI=1S/C31H28FN3O6S2/c32-22-11-6-18(7-12-22)16-35-28-21-10-9-20(15-21)26(28)29(36)27(31(35)37)30-33-24-13-8-19(14-25(24)43(40,41)34-30)17-42(38,39)23-4-2-1-3-5-23/h1-8,11-14,20-21,26,28,36H,9-10,15-17H2,(H,33,34)/t20-,21+,26?,28?/m1/s1. The number of hydrogen-bond acceptors (Lipinski definition) is 7. The minimum Gasteiger partial charge on any atom is -0.511 e. The maximum Gasteiger partial charge on any atom is 0.286 e. The van der Waals surface area contributed by atoms with Crippen molar-refractivity contribution < 1.29 is 31.1 Å². The number of aliphatic hydroxyl groups is 1. The highest BCUT2D eigenvalue weighted by atomic mass is 32.2. The Bertz CT molecular complexity index is 1930. The summed E-state index contributed by atoms with van der Waals surface area (Å²) in [5, 5.41) is 14.4. The van der Waals surface area contributed by atoms with Gasteiger partial charge in [-0.3, -0.25) is 4.79 Å². The van der Waals surface area contributed by atoms with E-state index in [1.807, 2.05) is 0 Å². The summed E-state index contributed by atoms with van der Waals surface area (Å²) in [6.07, 6.45) is 2.69. The second kappa shape index (κ2) is 10.0. The molecule has 4 atom stereocenters. The molecule has 2 fully saturated rings. The van der Waals surface area contributed by atoms with Gasteiger partial charge in [-0.25, -0.2) is 12.8 Å². The number of carbonyl (C=O) groups excluding carboxylic acids is 1. The monoisotopic (exact) mass is 621 g/mol. The molecule has 0 radical (unpaired) electrons. The number of nitrogens with zero attached hydrogens (tertiary/aromatic N) is 2. The molecule has 4 aliphatic rings. The molecule has 0 saturated heterocycles. The van der Waals surface area contributed by atoms with E-state index in [1.165, 1.54) is 42.5 Å².